The third kappa shape index (κ3) is 4.32. The number of ether oxygens (including phenoxy) is 4. The summed E-state index contributed by atoms with van der Waals surface area (Å²) in [7, 11) is 0. The fraction of sp³-hybridized carbons (Fsp3) is 1.00. The molecule has 4 saturated carbocycles. The van der Waals surface area contributed by atoms with Crippen molar-refractivity contribution in [3.05, 3.63) is 0 Å². The van der Waals surface area contributed by atoms with E-state index >= 15 is 0 Å². The zero-order valence-corrected chi connectivity index (χ0v) is 25.8. The van der Waals surface area contributed by atoms with Gasteiger partial charge in [-0.05, 0) is 105 Å². The second-order valence-electron chi connectivity index (χ2n) is 16.0. The largest absolute Gasteiger partial charge is 0.390 e. The van der Waals surface area contributed by atoms with Crippen molar-refractivity contribution in [1.29, 1.82) is 0 Å². The van der Waals surface area contributed by atoms with Crippen molar-refractivity contribution >= 4 is 0 Å². The van der Waals surface area contributed by atoms with Crippen molar-refractivity contribution in [1.82, 2.24) is 0 Å². The summed E-state index contributed by atoms with van der Waals surface area (Å²) in [5.41, 5.74) is 0.253. The molecular formula is C33H56O6. The monoisotopic (exact) mass is 548 g/mol. The van der Waals surface area contributed by atoms with Crippen LogP contribution in [-0.2, 0) is 18.9 Å². The molecule has 0 radical (unpaired) electrons. The van der Waals surface area contributed by atoms with Crippen LogP contribution >= 0.6 is 0 Å². The van der Waals surface area contributed by atoms with E-state index in [9.17, 15) is 10.2 Å². The molecule has 6 aliphatic rings. The Morgan fingerprint density at radius 3 is 2.05 bits per heavy atom. The van der Waals surface area contributed by atoms with E-state index in [4.69, 9.17) is 18.9 Å². The number of rotatable bonds is 5. The van der Waals surface area contributed by atoms with Gasteiger partial charge in [0, 0.05) is 12.3 Å². The third-order valence-electron chi connectivity index (χ3n) is 13.5. The summed E-state index contributed by atoms with van der Waals surface area (Å²) in [6, 6.07) is 0. The summed E-state index contributed by atoms with van der Waals surface area (Å²) in [6.45, 7) is 19.1. The normalized spacial score (nSPS) is 49.2. The van der Waals surface area contributed by atoms with Crippen LogP contribution in [0.15, 0.2) is 0 Å². The van der Waals surface area contributed by atoms with Crippen molar-refractivity contribution < 1.29 is 29.2 Å². The van der Waals surface area contributed by atoms with E-state index in [1.807, 2.05) is 0 Å². The van der Waals surface area contributed by atoms with Crippen molar-refractivity contribution in [3.63, 3.8) is 0 Å². The molecule has 6 rings (SSSR count). The molecule has 0 aromatic heterocycles. The molecule has 0 bridgehead atoms. The Bertz CT molecular complexity index is 914. The van der Waals surface area contributed by atoms with Crippen molar-refractivity contribution in [2.24, 2.45) is 58.2 Å². The quantitative estimate of drug-likeness (QED) is 0.454. The van der Waals surface area contributed by atoms with E-state index in [1.54, 1.807) is 0 Å². The lowest BCUT2D eigenvalue weighted by Crippen LogP contribution is -2.65. The highest BCUT2D eigenvalue weighted by atomic mass is 16.8. The molecule has 2 saturated heterocycles. The average molecular weight is 549 g/mol. The fourth-order valence-electron chi connectivity index (χ4n) is 11.3. The molecule has 4 aliphatic carbocycles. The topological polar surface area (TPSA) is 77.4 Å². The van der Waals surface area contributed by atoms with Crippen LogP contribution in [0, 0.1) is 58.2 Å². The van der Waals surface area contributed by atoms with Gasteiger partial charge in [0.15, 0.2) is 11.6 Å². The van der Waals surface area contributed by atoms with Gasteiger partial charge in [0.1, 0.15) is 0 Å². The molecule has 224 valence electrons. The lowest BCUT2D eigenvalue weighted by molar-refractivity contribution is -0.301. The number of aliphatic hydroxyl groups is 2. The van der Waals surface area contributed by atoms with Gasteiger partial charge in [-0.25, -0.2) is 0 Å². The van der Waals surface area contributed by atoms with Crippen LogP contribution in [0.1, 0.15) is 100 Å². The first-order chi connectivity index (χ1) is 18.2. The van der Waals surface area contributed by atoms with Gasteiger partial charge in [-0.3, -0.25) is 0 Å². The minimum atomic E-state index is -0.681. The number of hydrogen-bond donors (Lipinski definition) is 2. The first-order valence-electron chi connectivity index (χ1n) is 16.2. The van der Waals surface area contributed by atoms with Crippen LogP contribution in [-0.4, -0.2) is 59.4 Å². The number of aliphatic hydroxyl groups excluding tert-OH is 2. The number of fused-ring (bicyclic) bond motifs is 7. The van der Waals surface area contributed by atoms with Gasteiger partial charge < -0.3 is 29.2 Å². The second kappa shape index (κ2) is 9.64. The highest BCUT2D eigenvalue weighted by molar-refractivity contribution is 5.16. The van der Waals surface area contributed by atoms with Crippen molar-refractivity contribution in [3.8, 4) is 0 Å². The van der Waals surface area contributed by atoms with Gasteiger partial charge in [0.05, 0.1) is 37.6 Å². The van der Waals surface area contributed by atoms with Gasteiger partial charge in [0.2, 0.25) is 0 Å². The van der Waals surface area contributed by atoms with Gasteiger partial charge >= 0.3 is 0 Å². The maximum atomic E-state index is 11.4. The van der Waals surface area contributed by atoms with Crippen molar-refractivity contribution in [2.45, 2.75) is 136 Å². The minimum absolute atomic E-state index is 0.0781. The fourth-order valence-corrected chi connectivity index (χ4v) is 11.3. The van der Waals surface area contributed by atoms with Gasteiger partial charge in [-0.1, -0.05) is 41.5 Å². The molecular weight excluding hydrogens is 492 g/mol. The number of hydrogen-bond acceptors (Lipinski definition) is 6. The Balaban J connectivity index is 1.28. The second-order valence-corrected chi connectivity index (χ2v) is 16.0. The summed E-state index contributed by atoms with van der Waals surface area (Å²) >= 11 is 0. The van der Waals surface area contributed by atoms with E-state index in [1.165, 1.54) is 19.3 Å². The van der Waals surface area contributed by atoms with Gasteiger partial charge in [0.25, 0.3) is 0 Å². The van der Waals surface area contributed by atoms with E-state index in [2.05, 4.69) is 55.4 Å². The Morgan fingerprint density at radius 1 is 0.744 bits per heavy atom. The predicted octanol–water partition coefficient (Wildman–Crippen LogP) is 5.78. The first kappa shape index (κ1) is 28.9. The van der Waals surface area contributed by atoms with E-state index < -0.39 is 23.8 Å². The molecule has 2 heterocycles. The first-order valence-corrected chi connectivity index (χ1v) is 16.2. The zero-order valence-electron chi connectivity index (χ0n) is 25.8. The maximum Gasteiger partial charge on any atom is 0.172 e. The molecule has 2 aliphatic heterocycles. The van der Waals surface area contributed by atoms with Crippen LogP contribution in [0.5, 0.6) is 0 Å². The van der Waals surface area contributed by atoms with Crippen LogP contribution < -0.4 is 0 Å². The molecule has 39 heavy (non-hydrogen) atoms. The minimum Gasteiger partial charge on any atom is -0.390 e. The van der Waals surface area contributed by atoms with E-state index in [0.29, 0.717) is 48.7 Å². The molecule has 6 fully saturated rings. The van der Waals surface area contributed by atoms with Crippen molar-refractivity contribution in [2.75, 3.05) is 13.2 Å². The summed E-state index contributed by atoms with van der Waals surface area (Å²) in [6.07, 6.45) is 6.60. The summed E-state index contributed by atoms with van der Waals surface area (Å²) in [5, 5.41) is 22.4. The summed E-state index contributed by atoms with van der Waals surface area (Å²) < 4.78 is 26.2. The molecule has 0 aromatic rings. The van der Waals surface area contributed by atoms with Crippen LogP contribution in [0.2, 0.25) is 0 Å². The molecule has 0 unspecified atom stereocenters. The molecule has 1 spiro atoms. The molecule has 6 heteroatoms. The molecule has 0 aromatic carbocycles. The highest BCUT2D eigenvalue weighted by Gasteiger charge is 2.70. The van der Waals surface area contributed by atoms with Gasteiger partial charge in [-0.15, -0.1) is 0 Å². The Labute approximate surface area is 236 Å². The lowest BCUT2D eigenvalue weighted by Gasteiger charge is -2.65. The third-order valence-corrected chi connectivity index (χ3v) is 13.5. The molecule has 2 N–H and O–H groups in total. The Kier molecular flexibility index (Phi) is 7.13. The molecule has 13 atom stereocenters. The SMILES string of the molecule is CC(C)[C@H](C)[C@@H](O)[C@H](O)[C@@H](C)[C@H]1CC[C@H]2[C@@H]3CC4(OCCO4)[C@H]4C[C@@H]5OC(C)(C)O[C@@H]5C[C@]4(C)[C@H]3CC[C@]12C. The molecule has 0 amide bonds. The van der Waals surface area contributed by atoms with E-state index in [0.717, 1.165) is 25.7 Å². The Hall–Kier alpha value is -0.240. The smallest absolute Gasteiger partial charge is 0.172 e. The predicted molar refractivity (Wildman–Crippen MR) is 150 cm³/mol. The maximum absolute atomic E-state index is 11.4. The standard InChI is InChI=1S/C33H56O6/c1-18(2)19(3)28(34)29(35)20(4)22-9-10-23-21-16-33(36-13-14-37-33)27-15-25-26(39-30(5,6)38-25)17-32(27,8)24(21)11-12-31(22,23)7/h18-29,34-35H,9-17H2,1-8H3/t19-,20-,21-,22+,23-,24-,25-,26+,27-,28+,29+,31+,32+/m0/s1. The van der Waals surface area contributed by atoms with Crippen LogP contribution in [0.4, 0.5) is 0 Å². The molecule has 6 nitrogen and oxygen atoms in total. The van der Waals surface area contributed by atoms with E-state index in [-0.39, 0.29) is 34.9 Å². The summed E-state index contributed by atoms with van der Waals surface area (Å²) in [4.78, 5) is 0. The highest BCUT2D eigenvalue weighted by Crippen LogP contribution is 2.71. The Morgan fingerprint density at radius 2 is 1.38 bits per heavy atom. The van der Waals surface area contributed by atoms with Gasteiger partial charge in [-0.2, -0.15) is 0 Å². The van der Waals surface area contributed by atoms with Crippen LogP contribution in [0.25, 0.3) is 0 Å². The average Bonchev–Trinajstić information content (AvgIpc) is 3.55. The zero-order chi connectivity index (χ0) is 28.1. The van der Waals surface area contributed by atoms with Crippen LogP contribution in [0.3, 0.4) is 0 Å². The lowest BCUT2D eigenvalue weighted by atomic mass is 9.42. The summed E-state index contributed by atoms with van der Waals surface area (Å²) in [5.74, 6) is 1.96.